The van der Waals surface area contributed by atoms with Gasteiger partial charge < -0.3 is 22.4 Å². The van der Waals surface area contributed by atoms with Crippen molar-refractivity contribution in [3.8, 4) is 0 Å². The Bertz CT molecular complexity index is 465. The molecule has 1 heterocycles. The van der Waals surface area contributed by atoms with Crippen molar-refractivity contribution in [2.75, 3.05) is 44.2 Å². The molecule has 2 rings (SSSR count). The molecule has 1 N–H and O–H groups in total. The number of nitrogens with zero attached hydrogens (tertiary/aromatic N) is 3. The zero-order chi connectivity index (χ0) is 13.8. The SMILES string of the molecule is O=[N+]([O-])c1cc(Cl)ccc1N1CCN(CCO)CC1.[Cl-]. The smallest absolute Gasteiger partial charge is 0.294 e. The molecule has 1 aliphatic heterocycles. The lowest BCUT2D eigenvalue weighted by atomic mass is 10.2. The minimum Gasteiger partial charge on any atom is -1.00 e. The summed E-state index contributed by atoms with van der Waals surface area (Å²) in [5.74, 6) is 0. The fraction of sp³-hybridized carbons (Fsp3) is 0.500. The number of aliphatic hydroxyl groups excluding tert-OH is 1. The van der Waals surface area contributed by atoms with Gasteiger partial charge in [0.2, 0.25) is 0 Å². The van der Waals surface area contributed by atoms with E-state index in [1.807, 2.05) is 4.90 Å². The van der Waals surface area contributed by atoms with Gasteiger partial charge in [-0.25, -0.2) is 0 Å². The summed E-state index contributed by atoms with van der Waals surface area (Å²) in [6, 6.07) is 4.75. The molecule has 0 unspecified atom stereocenters. The summed E-state index contributed by atoms with van der Waals surface area (Å²) in [5, 5.41) is 20.3. The highest BCUT2D eigenvalue weighted by atomic mass is 35.5. The first-order chi connectivity index (χ1) is 9.11. The van der Waals surface area contributed by atoms with Gasteiger partial charge in [0.25, 0.3) is 5.69 Å². The number of rotatable bonds is 4. The van der Waals surface area contributed by atoms with Gasteiger partial charge in [-0.2, -0.15) is 0 Å². The van der Waals surface area contributed by atoms with Gasteiger partial charge in [-0.3, -0.25) is 15.0 Å². The van der Waals surface area contributed by atoms with Crippen LogP contribution in [0.5, 0.6) is 0 Å². The van der Waals surface area contributed by atoms with E-state index in [4.69, 9.17) is 16.7 Å². The molecule has 0 aromatic heterocycles. The Morgan fingerprint density at radius 1 is 1.30 bits per heavy atom. The fourth-order valence-corrected chi connectivity index (χ4v) is 2.43. The van der Waals surface area contributed by atoms with Crippen LogP contribution in [-0.2, 0) is 0 Å². The van der Waals surface area contributed by atoms with Crippen molar-refractivity contribution in [1.82, 2.24) is 4.90 Å². The molecule has 0 amide bonds. The minimum atomic E-state index is -0.401. The molecular weight excluding hydrogens is 305 g/mol. The van der Waals surface area contributed by atoms with Crippen LogP contribution >= 0.6 is 11.6 Å². The third kappa shape index (κ3) is 3.96. The molecule has 0 atom stereocenters. The average molecular weight is 321 g/mol. The van der Waals surface area contributed by atoms with E-state index in [0.29, 0.717) is 30.3 Å². The van der Waals surface area contributed by atoms with Crippen molar-refractivity contribution in [3.05, 3.63) is 33.3 Å². The van der Waals surface area contributed by atoms with Crippen LogP contribution in [-0.4, -0.2) is 54.3 Å². The molecule has 0 saturated carbocycles. The van der Waals surface area contributed by atoms with E-state index in [0.717, 1.165) is 13.1 Å². The predicted octanol–water partition coefficient (Wildman–Crippen LogP) is -1.63. The number of β-amino-alcohol motifs (C(OH)–C–C–N with tert-alkyl or cyclic N) is 1. The van der Waals surface area contributed by atoms with Crippen LogP contribution in [0.2, 0.25) is 5.02 Å². The van der Waals surface area contributed by atoms with Crippen LogP contribution in [0.15, 0.2) is 18.2 Å². The Balaban J connectivity index is 0.00000200. The largest absolute Gasteiger partial charge is 1.00 e. The molecule has 0 radical (unpaired) electrons. The minimum absolute atomic E-state index is 0. The fourth-order valence-electron chi connectivity index (χ4n) is 2.26. The number of anilines is 1. The number of nitro groups is 1. The number of benzene rings is 1. The first-order valence-corrected chi connectivity index (χ1v) is 6.51. The highest BCUT2D eigenvalue weighted by molar-refractivity contribution is 6.30. The van der Waals surface area contributed by atoms with Crippen molar-refractivity contribution >= 4 is 23.0 Å². The molecule has 1 aromatic carbocycles. The highest BCUT2D eigenvalue weighted by Gasteiger charge is 2.23. The van der Waals surface area contributed by atoms with E-state index in [2.05, 4.69) is 4.90 Å². The number of hydrogen-bond donors (Lipinski definition) is 1. The van der Waals surface area contributed by atoms with Crippen molar-refractivity contribution in [2.24, 2.45) is 0 Å². The third-order valence-corrected chi connectivity index (χ3v) is 3.50. The summed E-state index contributed by atoms with van der Waals surface area (Å²) in [6.45, 7) is 3.79. The van der Waals surface area contributed by atoms with E-state index in [9.17, 15) is 10.1 Å². The highest BCUT2D eigenvalue weighted by Crippen LogP contribution is 2.31. The lowest BCUT2D eigenvalue weighted by molar-refractivity contribution is -0.384. The van der Waals surface area contributed by atoms with Crippen molar-refractivity contribution in [2.45, 2.75) is 0 Å². The molecule has 1 aliphatic rings. The van der Waals surface area contributed by atoms with Crippen molar-refractivity contribution in [3.63, 3.8) is 0 Å². The molecule has 8 heteroatoms. The lowest BCUT2D eigenvalue weighted by Gasteiger charge is -2.35. The number of piperazine rings is 1. The van der Waals surface area contributed by atoms with E-state index < -0.39 is 4.92 Å². The van der Waals surface area contributed by atoms with Crippen LogP contribution in [0.25, 0.3) is 0 Å². The van der Waals surface area contributed by atoms with Crippen LogP contribution in [0, 0.1) is 10.1 Å². The van der Waals surface area contributed by atoms with E-state index >= 15 is 0 Å². The zero-order valence-corrected chi connectivity index (χ0v) is 12.3. The number of aliphatic hydroxyl groups is 1. The molecule has 1 fully saturated rings. The Labute approximate surface area is 128 Å². The standard InChI is InChI=1S/C12H16ClN3O3.ClH/c13-10-1-2-11(12(9-10)16(18)19)15-5-3-14(4-6-15)7-8-17;/h1-2,9,17H,3-8H2;1H/p-1. The second kappa shape index (κ2) is 7.64. The summed E-state index contributed by atoms with van der Waals surface area (Å²) < 4.78 is 0. The summed E-state index contributed by atoms with van der Waals surface area (Å²) in [4.78, 5) is 14.8. The summed E-state index contributed by atoms with van der Waals surface area (Å²) in [6.07, 6.45) is 0. The Morgan fingerprint density at radius 3 is 2.50 bits per heavy atom. The van der Waals surface area contributed by atoms with Crippen LogP contribution in [0.4, 0.5) is 11.4 Å². The average Bonchev–Trinajstić information content (AvgIpc) is 2.40. The Morgan fingerprint density at radius 2 is 1.95 bits per heavy atom. The monoisotopic (exact) mass is 320 g/mol. The van der Waals surface area contributed by atoms with Gasteiger partial charge in [0, 0.05) is 43.8 Å². The van der Waals surface area contributed by atoms with Gasteiger partial charge in [-0.15, -0.1) is 0 Å². The van der Waals surface area contributed by atoms with Gasteiger partial charge in [0.05, 0.1) is 11.5 Å². The van der Waals surface area contributed by atoms with Crippen molar-refractivity contribution < 1.29 is 22.4 Å². The van der Waals surface area contributed by atoms with Gasteiger partial charge >= 0.3 is 0 Å². The molecule has 112 valence electrons. The molecule has 0 bridgehead atoms. The lowest BCUT2D eigenvalue weighted by Crippen LogP contribution is -3.00. The summed E-state index contributed by atoms with van der Waals surface area (Å²) in [5.41, 5.74) is 0.654. The maximum Gasteiger partial charge on any atom is 0.294 e. The summed E-state index contributed by atoms with van der Waals surface area (Å²) >= 11 is 5.81. The first-order valence-electron chi connectivity index (χ1n) is 6.14. The number of hydrogen-bond acceptors (Lipinski definition) is 5. The van der Waals surface area contributed by atoms with Gasteiger partial charge in [-0.1, -0.05) is 11.6 Å². The molecule has 0 spiro atoms. The van der Waals surface area contributed by atoms with E-state index in [1.165, 1.54) is 6.07 Å². The Hall–Kier alpha value is -1.08. The van der Waals surface area contributed by atoms with Crippen LogP contribution in [0.1, 0.15) is 0 Å². The normalized spacial score (nSPS) is 15.8. The molecule has 1 aromatic rings. The first kappa shape index (κ1) is 17.0. The van der Waals surface area contributed by atoms with Gasteiger partial charge in [0.15, 0.2) is 0 Å². The molecular formula is C12H16Cl2N3O3-. The zero-order valence-electron chi connectivity index (χ0n) is 10.8. The van der Waals surface area contributed by atoms with E-state index in [1.54, 1.807) is 12.1 Å². The van der Waals surface area contributed by atoms with Gasteiger partial charge in [-0.05, 0) is 12.1 Å². The van der Waals surface area contributed by atoms with Crippen molar-refractivity contribution in [1.29, 1.82) is 0 Å². The molecule has 0 aliphatic carbocycles. The topological polar surface area (TPSA) is 69.9 Å². The molecule has 1 saturated heterocycles. The number of halogens is 2. The molecule has 6 nitrogen and oxygen atoms in total. The van der Waals surface area contributed by atoms with Crippen LogP contribution < -0.4 is 17.3 Å². The summed E-state index contributed by atoms with van der Waals surface area (Å²) in [7, 11) is 0. The quantitative estimate of drug-likeness (QED) is 0.532. The van der Waals surface area contributed by atoms with Crippen LogP contribution in [0.3, 0.4) is 0 Å². The predicted molar refractivity (Wildman–Crippen MR) is 73.8 cm³/mol. The molecule has 20 heavy (non-hydrogen) atoms. The second-order valence-corrected chi connectivity index (χ2v) is 4.88. The van der Waals surface area contributed by atoms with Gasteiger partial charge in [0.1, 0.15) is 5.69 Å². The maximum atomic E-state index is 11.1. The second-order valence-electron chi connectivity index (χ2n) is 4.44. The maximum absolute atomic E-state index is 11.1. The number of nitro benzene ring substituents is 1. The Kier molecular flexibility index (Phi) is 6.48. The van der Waals surface area contributed by atoms with E-state index in [-0.39, 0.29) is 24.7 Å². The third-order valence-electron chi connectivity index (χ3n) is 3.26.